The quantitative estimate of drug-likeness (QED) is 0.824. The number of hydrogen-bond acceptors (Lipinski definition) is 4. The lowest BCUT2D eigenvalue weighted by Gasteiger charge is -2.22. The highest BCUT2D eigenvalue weighted by atomic mass is 16.5. The summed E-state index contributed by atoms with van der Waals surface area (Å²) in [5, 5.41) is 3.27. The molecule has 1 aliphatic rings. The van der Waals surface area contributed by atoms with E-state index < -0.39 is 0 Å². The summed E-state index contributed by atoms with van der Waals surface area (Å²) in [5.41, 5.74) is 0.999. The van der Waals surface area contributed by atoms with Crippen molar-refractivity contribution in [2.75, 3.05) is 19.7 Å². The van der Waals surface area contributed by atoms with Crippen molar-refractivity contribution in [1.29, 1.82) is 0 Å². The molecule has 0 bridgehead atoms. The van der Waals surface area contributed by atoms with Gasteiger partial charge in [-0.2, -0.15) is 0 Å². The summed E-state index contributed by atoms with van der Waals surface area (Å²) >= 11 is 0. The monoisotopic (exact) mass is 234 g/mol. The number of carbonyl (C=O) groups excluding carboxylic acids is 1. The second-order valence-electron chi connectivity index (χ2n) is 4.33. The predicted octanol–water partition coefficient (Wildman–Crippen LogP) is 0.962. The summed E-state index contributed by atoms with van der Waals surface area (Å²) in [6.07, 6.45) is 6.10. The van der Waals surface area contributed by atoms with Gasteiger partial charge in [-0.05, 0) is 43.6 Å². The second-order valence-corrected chi connectivity index (χ2v) is 4.33. The molecule has 1 aliphatic heterocycles. The highest BCUT2D eigenvalue weighted by Crippen LogP contribution is 2.07. The van der Waals surface area contributed by atoms with Crippen molar-refractivity contribution in [2.24, 2.45) is 0 Å². The molecular weight excluding hydrogens is 216 g/mol. The first-order valence-electron chi connectivity index (χ1n) is 6.07. The number of Topliss-reactive ketones (excluding diaryl/α,β-unsaturated/α-hetero) is 1. The second kappa shape index (κ2) is 6.47. The Hall–Kier alpha value is -1.26. The minimum Gasteiger partial charge on any atom is -0.370 e. The molecule has 0 atom stereocenters. The van der Waals surface area contributed by atoms with E-state index >= 15 is 0 Å². The third-order valence-electron chi connectivity index (χ3n) is 2.92. The molecule has 4 heteroatoms. The SMILES string of the molecule is O=C(COC1CCNCC1)Cc1ccncc1. The first-order chi connectivity index (χ1) is 8.34. The molecule has 1 saturated heterocycles. The Morgan fingerprint density at radius 2 is 2.06 bits per heavy atom. The van der Waals surface area contributed by atoms with Crippen molar-refractivity contribution < 1.29 is 9.53 Å². The van der Waals surface area contributed by atoms with Crippen LogP contribution in [0.5, 0.6) is 0 Å². The van der Waals surface area contributed by atoms with Crippen molar-refractivity contribution >= 4 is 5.78 Å². The lowest BCUT2D eigenvalue weighted by Crippen LogP contribution is -2.33. The largest absolute Gasteiger partial charge is 0.370 e. The van der Waals surface area contributed by atoms with Gasteiger partial charge in [-0.3, -0.25) is 9.78 Å². The summed E-state index contributed by atoms with van der Waals surface area (Å²) in [4.78, 5) is 15.6. The summed E-state index contributed by atoms with van der Waals surface area (Å²) < 4.78 is 5.61. The molecule has 17 heavy (non-hydrogen) atoms. The van der Waals surface area contributed by atoms with Crippen LogP contribution in [0.15, 0.2) is 24.5 Å². The zero-order valence-electron chi connectivity index (χ0n) is 9.89. The smallest absolute Gasteiger partial charge is 0.162 e. The van der Waals surface area contributed by atoms with Gasteiger partial charge in [-0.1, -0.05) is 0 Å². The van der Waals surface area contributed by atoms with Crippen LogP contribution in [-0.4, -0.2) is 36.6 Å². The number of pyridine rings is 1. The van der Waals surface area contributed by atoms with Crippen LogP contribution in [0, 0.1) is 0 Å². The van der Waals surface area contributed by atoms with E-state index in [0.29, 0.717) is 6.42 Å². The first kappa shape index (κ1) is 12.2. The fourth-order valence-corrected chi connectivity index (χ4v) is 1.95. The van der Waals surface area contributed by atoms with Gasteiger partial charge in [0, 0.05) is 18.8 Å². The van der Waals surface area contributed by atoms with E-state index in [1.165, 1.54) is 0 Å². The summed E-state index contributed by atoms with van der Waals surface area (Å²) in [7, 11) is 0. The van der Waals surface area contributed by atoms with Crippen LogP contribution in [0.4, 0.5) is 0 Å². The maximum atomic E-state index is 11.7. The highest BCUT2D eigenvalue weighted by Gasteiger charge is 2.14. The third kappa shape index (κ3) is 4.24. The lowest BCUT2D eigenvalue weighted by molar-refractivity contribution is -0.125. The Morgan fingerprint density at radius 1 is 1.35 bits per heavy atom. The molecule has 1 N–H and O–H groups in total. The Balaban J connectivity index is 1.70. The normalized spacial score (nSPS) is 16.9. The molecule has 0 amide bonds. The van der Waals surface area contributed by atoms with Gasteiger partial charge in [0.05, 0.1) is 6.10 Å². The molecule has 0 aromatic carbocycles. The standard InChI is InChI=1S/C13H18N2O2/c16-12(9-11-1-5-14-6-2-11)10-17-13-3-7-15-8-4-13/h1-2,5-6,13,15H,3-4,7-10H2. The zero-order chi connectivity index (χ0) is 11.9. The van der Waals surface area contributed by atoms with Crippen LogP contribution in [-0.2, 0) is 16.0 Å². The predicted molar refractivity (Wildman–Crippen MR) is 64.8 cm³/mol. The number of nitrogens with one attached hydrogen (secondary N) is 1. The van der Waals surface area contributed by atoms with E-state index in [-0.39, 0.29) is 18.5 Å². The maximum absolute atomic E-state index is 11.7. The third-order valence-corrected chi connectivity index (χ3v) is 2.92. The zero-order valence-corrected chi connectivity index (χ0v) is 9.89. The van der Waals surface area contributed by atoms with E-state index in [1.807, 2.05) is 12.1 Å². The molecular formula is C13H18N2O2. The van der Waals surface area contributed by atoms with E-state index in [0.717, 1.165) is 31.5 Å². The summed E-state index contributed by atoms with van der Waals surface area (Å²) in [6.45, 7) is 2.21. The fourth-order valence-electron chi connectivity index (χ4n) is 1.95. The van der Waals surface area contributed by atoms with Crippen LogP contribution in [0.2, 0.25) is 0 Å². The molecule has 0 spiro atoms. The number of piperidine rings is 1. The molecule has 1 fully saturated rings. The molecule has 1 aromatic rings. The topological polar surface area (TPSA) is 51.2 Å². The minimum atomic E-state index is 0.134. The van der Waals surface area contributed by atoms with E-state index in [9.17, 15) is 4.79 Å². The van der Waals surface area contributed by atoms with Gasteiger partial charge < -0.3 is 10.1 Å². The number of nitrogens with zero attached hydrogens (tertiary/aromatic N) is 1. The number of aromatic nitrogens is 1. The summed E-state index contributed by atoms with van der Waals surface area (Å²) in [6, 6.07) is 3.73. The van der Waals surface area contributed by atoms with E-state index in [2.05, 4.69) is 10.3 Å². The van der Waals surface area contributed by atoms with Gasteiger partial charge in [0.2, 0.25) is 0 Å². The number of rotatable bonds is 5. The molecule has 2 rings (SSSR count). The number of ketones is 1. The molecule has 4 nitrogen and oxygen atoms in total. The molecule has 92 valence electrons. The van der Waals surface area contributed by atoms with Crippen molar-refractivity contribution in [3.05, 3.63) is 30.1 Å². The molecule has 0 saturated carbocycles. The van der Waals surface area contributed by atoms with Crippen molar-refractivity contribution in [3.8, 4) is 0 Å². The van der Waals surface area contributed by atoms with Crippen LogP contribution < -0.4 is 5.32 Å². The average molecular weight is 234 g/mol. The lowest BCUT2D eigenvalue weighted by atomic mass is 10.1. The van der Waals surface area contributed by atoms with Gasteiger partial charge in [0.15, 0.2) is 5.78 Å². The van der Waals surface area contributed by atoms with Crippen LogP contribution in [0.1, 0.15) is 18.4 Å². The average Bonchev–Trinajstić information content (AvgIpc) is 2.39. The van der Waals surface area contributed by atoms with Crippen molar-refractivity contribution in [3.63, 3.8) is 0 Å². The molecule has 0 radical (unpaired) electrons. The van der Waals surface area contributed by atoms with Gasteiger partial charge in [0.1, 0.15) is 6.61 Å². The van der Waals surface area contributed by atoms with Crippen molar-refractivity contribution in [1.82, 2.24) is 10.3 Å². The number of ether oxygens (including phenoxy) is 1. The van der Waals surface area contributed by atoms with Crippen LogP contribution >= 0.6 is 0 Å². The molecule has 0 unspecified atom stereocenters. The van der Waals surface area contributed by atoms with E-state index in [4.69, 9.17) is 4.74 Å². The molecule has 1 aromatic heterocycles. The fraction of sp³-hybridized carbons (Fsp3) is 0.538. The molecule has 0 aliphatic carbocycles. The van der Waals surface area contributed by atoms with Crippen LogP contribution in [0.25, 0.3) is 0 Å². The Morgan fingerprint density at radius 3 is 2.76 bits per heavy atom. The number of hydrogen-bond donors (Lipinski definition) is 1. The summed E-state index contributed by atoms with van der Waals surface area (Å²) in [5.74, 6) is 0.134. The van der Waals surface area contributed by atoms with Crippen molar-refractivity contribution in [2.45, 2.75) is 25.4 Å². The number of carbonyl (C=O) groups is 1. The molecule has 2 heterocycles. The highest BCUT2D eigenvalue weighted by molar-refractivity contribution is 5.81. The van der Waals surface area contributed by atoms with Gasteiger partial charge in [-0.25, -0.2) is 0 Å². The van der Waals surface area contributed by atoms with Gasteiger partial charge >= 0.3 is 0 Å². The van der Waals surface area contributed by atoms with Gasteiger partial charge in [0.25, 0.3) is 0 Å². The maximum Gasteiger partial charge on any atom is 0.162 e. The Labute approximate surface area is 101 Å². The van der Waals surface area contributed by atoms with Crippen LogP contribution in [0.3, 0.4) is 0 Å². The van der Waals surface area contributed by atoms with E-state index in [1.54, 1.807) is 12.4 Å². The first-order valence-corrected chi connectivity index (χ1v) is 6.07. The minimum absolute atomic E-state index is 0.134. The Bertz CT molecular complexity index is 348. The Kier molecular flexibility index (Phi) is 4.64. The van der Waals surface area contributed by atoms with Gasteiger partial charge in [-0.15, -0.1) is 0 Å².